The van der Waals surface area contributed by atoms with Crippen molar-refractivity contribution < 1.29 is 4.74 Å². The highest BCUT2D eigenvalue weighted by Gasteiger charge is 2.09. The van der Waals surface area contributed by atoms with Crippen molar-refractivity contribution in [3.63, 3.8) is 0 Å². The van der Waals surface area contributed by atoms with E-state index in [1.165, 1.54) is 11.3 Å². The van der Waals surface area contributed by atoms with E-state index in [2.05, 4.69) is 4.98 Å². The number of ether oxygens (including phenoxy) is 1. The Balaban J connectivity index is 2.07. The highest BCUT2D eigenvalue weighted by molar-refractivity contribution is 7.16. The molecular weight excluding hydrogens is 274 g/mol. The van der Waals surface area contributed by atoms with Gasteiger partial charge in [-0.1, -0.05) is 0 Å². The van der Waals surface area contributed by atoms with Gasteiger partial charge in [-0.2, -0.15) is 0 Å². The smallest absolute Gasteiger partial charge is 0.262 e. The van der Waals surface area contributed by atoms with Crippen LogP contribution in [0.5, 0.6) is 5.75 Å². The van der Waals surface area contributed by atoms with Crippen LogP contribution in [0.3, 0.4) is 0 Å². The minimum Gasteiger partial charge on any atom is -0.496 e. The average Bonchev–Trinajstić information content (AvgIpc) is 2.91. The second kappa shape index (κ2) is 4.97. The summed E-state index contributed by atoms with van der Waals surface area (Å²) in [7, 11) is 1.60. The first-order valence-corrected chi connectivity index (χ1v) is 6.92. The van der Waals surface area contributed by atoms with Crippen LogP contribution in [-0.2, 0) is 6.54 Å². The van der Waals surface area contributed by atoms with Crippen LogP contribution in [0.15, 0.2) is 40.8 Å². The summed E-state index contributed by atoms with van der Waals surface area (Å²) in [5, 5.41) is 2.50. The summed E-state index contributed by atoms with van der Waals surface area (Å²) < 4.78 is 6.86. The van der Waals surface area contributed by atoms with Gasteiger partial charge < -0.3 is 10.5 Å². The third-order valence-corrected chi connectivity index (χ3v) is 3.92. The molecule has 1 aromatic carbocycles. The van der Waals surface area contributed by atoms with Crippen molar-refractivity contribution in [2.75, 3.05) is 12.8 Å². The van der Waals surface area contributed by atoms with Gasteiger partial charge in [-0.15, -0.1) is 11.3 Å². The van der Waals surface area contributed by atoms with Gasteiger partial charge in [0.05, 0.1) is 25.4 Å². The number of nitrogen functional groups attached to an aromatic ring is 1. The van der Waals surface area contributed by atoms with Crippen LogP contribution in [0.4, 0.5) is 5.69 Å². The van der Waals surface area contributed by atoms with Crippen molar-refractivity contribution in [2.45, 2.75) is 6.54 Å². The number of methoxy groups -OCH3 is 1. The Kier molecular flexibility index (Phi) is 3.15. The standard InChI is InChI=1S/C14H13N3O2S/c1-19-12-3-2-10(15)6-9(12)7-17-8-16-13-11(14(17)18)4-5-20-13/h2-6,8H,7,15H2,1H3. The predicted molar refractivity (Wildman–Crippen MR) is 80.4 cm³/mol. The van der Waals surface area contributed by atoms with E-state index in [-0.39, 0.29) is 5.56 Å². The summed E-state index contributed by atoms with van der Waals surface area (Å²) in [5.74, 6) is 0.705. The van der Waals surface area contributed by atoms with Gasteiger partial charge >= 0.3 is 0 Å². The third kappa shape index (κ3) is 2.14. The zero-order valence-electron chi connectivity index (χ0n) is 10.9. The Bertz CT molecular complexity index is 823. The third-order valence-electron chi connectivity index (χ3n) is 3.10. The first-order valence-electron chi connectivity index (χ1n) is 6.04. The topological polar surface area (TPSA) is 70.1 Å². The monoisotopic (exact) mass is 287 g/mol. The molecule has 20 heavy (non-hydrogen) atoms. The van der Waals surface area contributed by atoms with Crippen LogP contribution >= 0.6 is 11.3 Å². The molecule has 0 radical (unpaired) electrons. The minimum atomic E-state index is -0.0549. The molecular formula is C14H13N3O2S. The molecule has 0 aliphatic heterocycles. The molecule has 0 bridgehead atoms. The largest absolute Gasteiger partial charge is 0.496 e. The molecule has 2 heterocycles. The Labute approximate surface area is 119 Å². The first-order chi connectivity index (χ1) is 9.69. The second-order valence-electron chi connectivity index (χ2n) is 4.39. The van der Waals surface area contributed by atoms with Crippen LogP contribution in [0.25, 0.3) is 10.2 Å². The Hall–Kier alpha value is -2.34. The van der Waals surface area contributed by atoms with Crippen molar-refractivity contribution >= 4 is 27.2 Å². The van der Waals surface area contributed by atoms with Crippen LogP contribution in [0.1, 0.15) is 5.56 Å². The quantitative estimate of drug-likeness (QED) is 0.749. The van der Waals surface area contributed by atoms with E-state index < -0.39 is 0 Å². The van der Waals surface area contributed by atoms with Gasteiger partial charge in [0, 0.05) is 11.3 Å². The van der Waals surface area contributed by atoms with Crippen molar-refractivity contribution in [3.8, 4) is 5.75 Å². The number of rotatable bonds is 3. The number of fused-ring (bicyclic) bond motifs is 1. The van der Waals surface area contributed by atoms with Gasteiger partial charge in [0.15, 0.2) is 0 Å². The number of nitrogens with zero attached hydrogens (tertiary/aromatic N) is 2. The molecule has 0 unspecified atom stereocenters. The fourth-order valence-electron chi connectivity index (χ4n) is 2.11. The highest BCUT2D eigenvalue weighted by atomic mass is 32.1. The number of benzene rings is 1. The Morgan fingerprint density at radius 3 is 3.05 bits per heavy atom. The van der Waals surface area contributed by atoms with Crippen molar-refractivity contribution in [1.82, 2.24) is 9.55 Å². The number of nitrogens with two attached hydrogens (primary N) is 1. The van der Waals surface area contributed by atoms with E-state index in [1.807, 2.05) is 11.4 Å². The lowest BCUT2D eigenvalue weighted by Crippen LogP contribution is -2.20. The summed E-state index contributed by atoms with van der Waals surface area (Å²) in [6.07, 6.45) is 1.56. The molecule has 102 valence electrons. The molecule has 3 aromatic rings. The van der Waals surface area contributed by atoms with Crippen LogP contribution in [-0.4, -0.2) is 16.7 Å². The van der Waals surface area contributed by atoms with Gasteiger partial charge in [-0.05, 0) is 29.6 Å². The fourth-order valence-corrected chi connectivity index (χ4v) is 2.83. The lowest BCUT2D eigenvalue weighted by molar-refractivity contribution is 0.408. The average molecular weight is 287 g/mol. The maximum Gasteiger partial charge on any atom is 0.262 e. The molecule has 0 aliphatic carbocycles. The van der Waals surface area contributed by atoms with Crippen LogP contribution in [0.2, 0.25) is 0 Å². The van der Waals surface area contributed by atoms with Gasteiger partial charge in [0.25, 0.3) is 5.56 Å². The second-order valence-corrected chi connectivity index (χ2v) is 5.28. The van der Waals surface area contributed by atoms with Gasteiger partial charge in [0.1, 0.15) is 10.6 Å². The summed E-state index contributed by atoms with van der Waals surface area (Å²) >= 11 is 1.46. The molecule has 0 atom stereocenters. The molecule has 2 N–H and O–H groups in total. The Morgan fingerprint density at radius 2 is 2.25 bits per heavy atom. The van der Waals surface area contributed by atoms with Crippen LogP contribution in [0, 0.1) is 0 Å². The van der Waals surface area contributed by atoms with E-state index in [0.29, 0.717) is 23.4 Å². The maximum absolute atomic E-state index is 12.3. The van der Waals surface area contributed by atoms with E-state index in [9.17, 15) is 4.79 Å². The van der Waals surface area contributed by atoms with Crippen molar-refractivity contribution in [1.29, 1.82) is 0 Å². The Morgan fingerprint density at radius 1 is 1.40 bits per heavy atom. The van der Waals surface area contributed by atoms with Crippen molar-refractivity contribution in [2.24, 2.45) is 0 Å². The molecule has 5 nitrogen and oxygen atoms in total. The zero-order chi connectivity index (χ0) is 14.1. The molecule has 0 saturated carbocycles. The lowest BCUT2D eigenvalue weighted by Gasteiger charge is -2.11. The molecule has 0 spiro atoms. The molecule has 6 heteroatoms. The van der Waals surface area contributed by atoms with Gasteiger partial charge in [0.2, 0.25) is 0 Å². The number of thiophene rings is 1. The number of hydrogen-bond acceptors (Lipinski definition) is 5. The number of aromatic nitrogens is 2. The summed E-state index contributed by atoms with van der Waals surface area (Å²) in [4.78, 5) is 17.4. The van der Waals surface area contributed by atoms with Crippen molar-refractivity contribution in [3.05, 3.63) is 51.9 Å². The highest BCUT2D eigenvalue weighted by Crippen LogP contribution is 2.22. The molecule has 0 saturated heterocycles. The van der Waals surface area contributed by atoms with Gasteiger partial charge in [-0.25, -0.2) is 4.98 Å². The molecule has 2 aromatic heterocycles. The molecule has 0 fully saturated rings. The summed E-state index contributed by atoms with van der Waals surface area (Å²) in [6, 6.07) is 7.17. The lowest BCUT2D eigenvalue weighted by atomic mass is 10.1. The fraction of sp³-hybridized carbons (Fsp3) is 0.143. The molecule has 0 amide bonds. The normalized spacial score (nSPS) is 10.8. The van der Waals surface area contributed by atoms with E-state index in [4.69, 9.17) is 10.5 Å². The predicted octanol–water partition coefficient (Wildman–Crippen LogP) is 2.10. The first kappa shape index (κ1) is 12.7. The summed E-state index contributed by atoms with van der Waals surface area (Å²) in [5.41, 5.74) is 7.23. The van der Waals surface area contributed by atoms with Gasteiger partial charge in [-0.3, -0.25) is 9.36 Å². The molecule has 0 aliphatic rings. The van der Waals surface area contributed by atoms with E-state index in [1.54, 1.807) is 36.2 Å². The molecule has 3 rings (SSSR count). The number of hydrogen-bond donors (Lipinski definition) is 1. The SMILES string of the molecule is COc1ccc(N)cc1Cn1cnc2sccc2c1=O. The number of anilines is 1. The van der Waals surface area contributed by atoms with E-state index in [0.717, 1.165) is 10.4 Å². The zero-order valence-corrected chi connectivity index (χ0v) is 11.7. The maximum atomic E-state index is 12.3. The van der Waals surface area contributed by atoms with Crippen LogP contribution < -0.4 is 16.0 Å². The van der Waals surface area contributed by atoms with E-state index >= 15 is 0 Å². The summed E-state index contributed by atoms with van der Waals surface area (Å²) in [6.45, 7) is 0.381. The minimum absolute atomic E-state index is 0.0549.